The van der Waals surface area contributed by atoms with E-state index < -0.39 is 5.97 Å². The maximum Gasteiger partial charge on any atom is 0.303 e. The standard InChI is InChI=1S/C11H14ClN3O3/c1-2-7(5-10(16)17)6-13-11(18)8-3-4-9(12)15-14-8/h3-4,7H,2,5-6H2,1H3,(H,13,18)(H,16,17). The number of carbonyl (C=O) groups excluding carboxylic acids is 1. The van der Waals surface area contributed by atoms with Gasteiger partial charge in [-0.15, -0.1) is 10.2 Å². The SMILES string of the molecule is CCC(CNC(=O)c1ccc(Cl)nn1)CC(=O)O. The maximum atomic E-state index is 11.7. The van der Waals surface area contributed by atoms with Gasteiger partial charge < -0.3 is 10.4 Å². The van der Waals surface area contributed by atoms with Gasteiger partial charge in [-0.3, -0.25) is 9.59 Å². The number of carbonyl (C=O) groups is 2. The number of nitrogens with zero attached hydrogens (tertiary/aromatic N) is 2. The lowest BCUT2D eigenvalue weighted by Gasteiger charge is -2.12. The predicted octanol–water partition coefficient (Wildman–Crippen LogP) is 1.36. The molecule has 98 valence electrons. The van der Waals surface area contributed by atoms with Crippen LogP contribution in [0.2, 0.25) is 5.15 Å². The highest BCUT2D eigenvalue weighted by Gasteiger charge is 2.14. The van der Waals surface area contributed by atoms with Crippen LogP contribution in [-0.2, 0) is 4.79 Å². The second-order valence-corrected chi connectivity index (χ2v) is 4.21. The van der Waals surface area contributed by atoms with E-state index in [1.807, 2.05) is 6.92 Å². The van der Waals surface area contributed by atoms with Crippen molar-refractivity contribution in [2.75, 3.05) is 6.54 Å². The van der Waals surface area contributed by atoms with Crippen molar-refractivity contribution < 1.29 is 14.7 Å². The Hall–Kier alpha value is -1.69. The molecular formula is C11H14ClN3O3. The van der Waals surface area contributed by atoms with Crippen LogP contribution in [0.15, 0.2) is 12.1 Å². The Morgan fingerprint density at radius 1 is 1.44 bits per heavy atom. The van der Waals surface area contributed by atoms with Gasteiger partial charge in [-0.1, -0.05) is 24.9 Å². The Morgan fingerprint density at radius 3 is 2.67 bits per heavy atom. The zero-order chi connectivity index (χ0) is 13.5. The number of hydrogen-bond donors (Lipinski definition) is 2. The summed E-state index contributed by atoms with van der Waals surface area (Å²) in [6.45, 7) is 2.17. The highest BCUT2D eigenvalue weighted by molar-refractivity contribution is 6.29. The molecule has 0 saturated carbocycles. The molecule has 0 aromatic carbocycles. The Labute approximate surface area is 109 Å². The minimum absolute atomic E-state index is 0.0308. The molecular weight excluding hydrogens is 258 g/mol. The van der Waals surface area contributed by atoms with Crippen molar-refractivity contribution in [3.63, 3.8) is 0 Å². The highest BCUT2D eigenvalue weighted by atomic mass is 35.5. The number of aliphatic carboxylic acids is 1. The summed E-state index contributed by atoms with van der Waals surface area (Å²) in [7, 11) is 0. The van der Waals surface area contributed by atoms with Crippen molar-refractivity contribution in [2.45, 2.75) is 19.8 Å². The molecule has 1 unspecified atom stereocenters. The number of halogens is 1. The van der Waals surface area contributed by atoms with E-state index >= 15 is 0 Å². The van der Waals surface area contributed by atoms with Crippen molar-refractivity contribution in [3.05, 3.63) is 23.0 Å². The van der Waals surface area contributed by atoms with Crippen molar-refractivity contribution in [1.29, 1.82) is 0 Å². The summed E-state index contributed by atoms with van der Waals surface area (Å²) in [5.41, 5.74) is 0.157. The van der Waals surface area contributed by atoms with Crippen LogP contribution in [0.25, 0.3) is 0 Å². The van der Waals surface area contributed by atoms with Gasteiger partial charge in [0.1, 0.15) is 0 Å². The fraction of sp³-hybridized carbons (Fsp3) is 0.455. The molecule has 0 fully saturated rings. The van der Waals surface area contributed by atoms with Gasteiger partial charge in [-0.25, -0.2) is 0 Å². The number of rotatable bonds is 6. The molecule has 1 aromatic heterocycles. The predicted molar refractivity (Wildman–Crippen MR) is 65.4 cm³/mol. The van der Waals surface area contributed by atoms with Crippen LogP contribution < -0.4 is 5.32 Å². The summed E-state index contributed by atoms with van der Waals surface area (Å²) in [5.74, 6) is -1.35. The maximum absolute atomic E-state index is 11.7. The minimum atomic E-state index is -0.873. The molecule has 0 spiro atoms. The van der Waals surface area contributed by atoms with E-state index in [9.17, 15) is 9.59 Å². The molecule has 1 heterocycles. The molecule has 0 radical (unpaired) electrons. The van der Waals surface area contributed by atoms with E-state index in [0.717, 1.165) is 0 Å². The van der Waals surface area contributed by atoms with Gasteiger partial charge >= 0.3 is 5.97 Å². The van der Waals surface area contributed by atoms with E-state index in [4.69, 9.17) is 16.7 Å². The van der Waals surface area contributed by atoms with Crippen molar-refractivity contribution >= 4 is 23.5 Å². The van der Waals surface area contributed by atoms with Gasteiger partial charge in [0, 0.05) is 13.0 Å². The van der Waals surface area contributed by atoms with Gasteiger partial charge in [-0.2, -0.15) is 0 Å². The van der Waals surface area contributed by atoms with E-state index in [2.05, 4.69) is 15.5 Å². The van der Waals surface area contributed by atoms with Gasteiger partial charge in [0.15, 0.2) is 10.8 Å². The van der Waals surface area contributed by atoms with E-state index in [-0.39, 0.29) is 29.1 Å². The number of carboxylic acid groups (broad SMARTS) is 1. The van der Waals surface area contributed by atoms with Crippen LogP contribution in [0.3, 0.4) is 0 Å². The Kier molecular flexibility index (Phi) is 5.51. The summed E-state index contributed by atoms with van der Waals surface area (Å²) in [6, 6.07) is 2.93. The highest BCUT2D eigenvalue weighted by Crippen LogP contribution is 2.07. The van der Waals surface area contributed by atoms with Crippen molar-refractivity contribution in [2.24, 2.45) is 5.92 Å². The Bertz CT molecular complexity index is 422. The third-order valence-corrected chi connectivity index (χ3v) is 2.66. The first-order valence-corrected chi connectivity index (χ1v) is 5.90. The van der Waals surface area contributed by atoms with E-state index in [1.165, 1.54) is 12.1 Å². The molecule has 7 heteroatoms. The summed E-state index contributed by atoms with van der Waals surface area (Å²) in [6.07, 6.45) is 0.710. The van der Waals surface area contributed by atoms with Crippen LogP contribution in [-0.4, -0.2) is 33.7 Å². The molecule has 0 aliphatic carbocycles. The zero-order valence-corrected chi connectivity index (χ0v) is 10.6. The fourth-order valence-electron chi connectivity index (χ4n) is 1.37. The average molecular weight is 272 g/mol. The number of amides is 1. The van der Waals surface area contributed by atoms with Crippen LogP contribution in [0.1, 0.15) is 30.3 Å². The molecule has 1 aromatic rings. The average Bonchev–Trinajstić information content (AvgIpc) is 2.34. The summed E-state index contributed by atoms with van der Waals surface area (Å²) < 4.78 is 0. The molecule has 0 aliphatic heterocycles. The minimum Gasteiger partial charge on any atom is -0.481 e. The quantitative estimate of drug-likeness (QED) is 0.815. The zero-order valence-electron chi connectivity index (χ0n) is 9.89. The lowest BCUT2D eigenvalue weighted by Crippen LogP contribution is -2.30. The van der Waals surface area contributed by atoms with Crippen molar-refractivity contribution in [3.8, 4) is 0 Å². The molecule has 0 aliphatic rings. The van der Waals surface area contributed by atoms with Crippen LogP contribution >= 0.6 is 11.6 Å². The second kappa shape index (κ2) is 6.90. The van der Waals surface area contributed by atoms with Gasteiger partial charge in [0.05, 0.1) is 0 Å². The molecule has 18 heavy (non-hydrogen) atoms. The Balaban J connectivity index is 2.49. The largest absolute Gasteiger partial charge is 0.481 e. The first-order valence-electron chi connectivity index (χ1n) is 5.52. The molecule has 6 nitrogen and oxygen atoms in total. The molecule has 1 amide bonds. The number of carboxylic acids is 1. The molecule has 2 N–H and O–H groups in total. The van der Waals surface area contributed by atoms with Gasteiger partial charge in [0.2, 0.25) is 0 Å². The summed E-state index contributed by atoms with van der Waals surface area (Å²) >= 11 is 5.55. The van der Waals surface area contributed by atoms with Crippen LogP contribution in [0, 0.1) is 5.92 Å². The third-order valence-electron chi connectivity index (χ3n) is 2.46. The number of nitrogens with one attached hydrogen (secondary N) is 1. The summed E-state index contributed by atoms with van der Waals surface area (Å²) in [5, 5.41) is 18.7. The van der Waals surface area contributed by atoms with Gasteiger partial charge in [-0.05, 0) is 18.1 Å². The number of hydrogen-bond acceptors (Lipinski definition) is 4. The topological polar surface area (TPSA) is 92.2 Å². The molecule has 1 rings (SSSR count). The number of aromatic nitrogens is 2. The van der Waals surface area contributed by atoms with Crippen LogP contribution in [0.5, 0.6) is 0 Å². The molecule has 0 saturated heterocycles. The van der Waals surface area contributed by atoms with Gasteiger partial charge in [0.25, 0.3) is 5.91 Å². The normalized spacial score (nSPS) is 11.9. The molecule has 1 atom stereocenters. The molecule has 0 bridgehead atoms. The van der Waals surface area contributed by atoms with E-state index in [1.54, 1.807) is 0 Å². The Morgan fingerprint density at radius 2 is 2.17 bits per heavy atom. The third kappa shape index (κ3) is 4.67. The van der Waals surface area contributed by atoms with Crippen LogP contribution in [0.4, 0.5) is 0 Å². The van der Waals surface area contributed by atoms with E-state index in [0.29, 0.717) is 13.0 Å². The smallest absolute Gasteiger partial charge is 0.303 e. The first kappa shape index (κ1) is 14.4. The second-order valence-electron chi connectivity index (χ2n) is 3.82. The first-order chi connectivity index (χ1) is 8.52. The lowest BCUT2D eigenvalue weighted by atomic mass is 10.0. The van der Waals surface area contributed by atoms with Crippen molar-refractivity contribution in [1.82, 2.24) is 15.5 Å². The lowest BCUT2D eigenvalue weighted by molar-refractivity contribution is -0.138. The summed E-state index contributed by atoms with van der Waals surface area (Å²) in [4.78, 5) is 22.2. The fourth-order valence-corrected chi connectivity index (χ4v) is 1.47. The monoisotopic (exact) mass is 271 g/mol.